The van der Waals surface area contributed by atoms with Gasteiger partial charge in [-0.25, -0.2) is 4.79 Å². The van der Waals surface area contributed by atoms with Gasteiger partial charge in [-0.2, -0.15) is 0 Å². The van der Waals surface area contributed by atoms with E-state index in [2.05, 4.69) is 10.6 Å². The first kappa shape index (κ1) is 22.1. The highest BCUT2D eigenvalue weighted by Crippen LogP contribution is 2.06. The summed E-state index contributed by atoms with van der Waals surface area (Å²) in [7, 11) is 0. The number of nitrogens with one attached hydrogen (secondary N) is 2. The first-order chi connectivity index (χ1) is 12.6. The Morgan fingerprint density at radius 1 is 1.04 bits per heavy atom. The molecule has 9 nitrogen and oxygen atoms in total. The zero-order valence-electron chi connectivity index (χ0n) is 15.3. The quantitative estimate of drug-likeness (QED) is 0.355. The van der Waals surface area contributed by atoms with Crippen molar-refractivity contribution in [2.24, 2.45) is 17.4 Å². The molecule has 7 N–H and O–H groups in total. The Bertz CT molecular complexity index is 678. The molecule has 0 radical (unpaired) electrons. The van der Waals surface area contributed by atoms with Crippen LogP contribution in [0.25, 0.3) is 0 Å². The molecule has 0 saturated carbocycles. The minimum atomic E-state index is -1.47. The van der Waals surface area contributed by atoms with Crippen molar-refractivity contribution in [2.75, 3.05) is 0 Å². The summed E-state index contributed by atoms with van der Waals surface area (Å²) in [5, 5.41) is 13.9. The molecule has 3 amide bonds. The van der Waals surface area contributed by atoms with Gasteiger partial charge in [0.05, 0.1) is 12.5 Å². The second-order valence-corrected chi connectivity index (χ2v) is 6.60. The predicted octanol–water partition coefficient (Wildman–Crippen LogP) is -0.858. The number of carbonyl (C=O) groups excluding carboxylic acids is 3. The van der Waals surface area contributed by atoms with E-state index in [9.17, 15) is 19.2 Å². The van der Waals surface area contributed by atoms with E-state index in [4.69, 9.17) is 16.6 Å². The molecule has 0 bridgehead atoms. The second kappa shape index (κ2) is 10.3. The topological polar surface area (TPSA) is 165 Å². The van der Waals surface area contributed by atoms with E-state index in [1.807, 2.05) is 30.3 Å². The summed E-state index contributed by atoms with van der Waals surface area (Å²) in [4.78, 5) is 46.9. The van der Waals surface area contributed by atoms with Crippen molar-refractivity contribution < 1.29 is 24.3 Å². The lowest BCUT2D eigenvalue weighted by Gasteiger charge is -2.25. The largest absolute Gasteiger partial charge is 0.480 e. The molecule has 3 unspecified atom stereocenters. The summed E-state index contributed by atoms with van der Waals surface area (Å²) >= 11 is 0. The number of benzene rings is 1. The van der Waals surface area contributed by atoms with Crippen LogP contribution in [0.5, 0.6) is 0 Å². The number of nitrogens with two attached hydrogens (primary N) is 2. The van der Waals surface area contributed by atoms with Gasteiger partial charge >= 0.3 is 5.97 Å². The van der Waals surface area contributed by atoms with E-state index in [-0.39, 0.29) is 5.92 Å². The normalized spacial score (nSPS) is 14.1. The van der Waals surface area contributed by atoms with Crippen molar-refractivity contribution in [1.82, 2.24) is 10.6 Å². The summed E-state index contributed by atoms with van der Waals surface area (Å²) in [6.07, 6.45) is -0.258. The lowest BCUT2D eigenvalue weighted by molar-refractivity contribution is -0.144. The van der Waals surface area contributed by atoms with Crippen LogP contribution in [0.4, 0.5) is 0 Å². The molecule has 1 aromatic rings. The Hall–Kier alpha value is -2.94. The third-order valence-electron chi connectivity index (χ3n) is 3.90. The number of carboxylic acid groups (broad SMARTS) is 1. The number of amides is 3. The van der Waals surface area contributed by atoms with Crippen molar-refractivity contribution in [3.63, 3.8) is 0 Å². The Morgan fingerprint density at radius 3 is 2.11 bits per heavy atom. The number of aliphatic carboxylic acids is 1. The van der Waals surface area contributed by atoms with Gasteiger partial charge in [-0.1, -0.05) is 44.2 Å². The average molecular weight is 378 g/mol. The summed E-state index contributed by atoms with van der Waals surface area (Å²) in [6, 6.07) is 5.83. The van der Waals surface area contributed by atoms with E-state index in [1.165, 1.54) is 0 Å². The zero-order valence-corrected chi connectivity index (χ0v) is 15.3. The Morgan fingerprint density at radius 2 is 1.63 bits per heavy atom. The van der Waals surface area contributed by atoms with Gasteiger partial charge in [0.25, 0.3) is 0 Å². The fraction of sp³-hybridized carbons (Fsp3) is 0.444. The molecule has 1 rings (SSSR count). The standard InChI is InChI=1S/C18H26N4O5/c1-10(2)15(17(25)21-13(18(26)27)9-14(20)23)22-16(24)12(19)8-11-6-4-3-5-7-11/h3-7,10,12-13,15H,8-9,19H2,1-2H3,(H2,20,23)(H,21,25)(H,22,24)(H,26,27). The fourth-order valence-corrected chi connectivity index (χ4v) is 2.42. The highest BCUT2D eigenvalue weighted by Gasteiger charge is 2.30. The second-order valence-electron chi connectivity index (χ2n) is 6.60. The molecule has 0 saturated heterocycles. The van der Waals surface area contributed by atoms with Gasteiger partial charge in [0.15, 0.2) is 0 Å². The highest BCUT2D eigenvalue weighted by atomic mass is 16.4. The van der Waals surface area contributed by atoms with Crippen LogP contribution in [0.1, 0.15) is 25.8 Å². The molecule has 1 aromatic carbocycles. The van der Waals surface area contributed by atoms with Crippen LogP contribution in [-0.4, -0.2) is 46.9 Å². The van der Waals surface area contributed by atoms with Gasteiger partial charge in [0, 0.05) is 0 Å². The first-order valence-electron chi connectivity index (χ1n) is 8.53. The molecule has 0 aliphatic heterocycles. The zero-order chi connectivity index (χ0) is 20.6. The van der Waals surface area contributed by atoms with Crippen molar-refractivity contribution in [2.45, 2.75) is 44.8 Å². The number of rotatable bonds is 10. The van der Waals surface area contributed by atoms with Gasteiger partial charge in [0.1, 0.15) is 12.1 Å². The smallest absolute Gasteiger partial charge is 0.326 e. The minimum Gasteiger partial charge on any atom is -0.480 e. The average Bonchev–Trinajstić information content (AvgIpc) is 2.58. The van der Waals surface area contributed by atoms with Gasteiger partial charge < -0.3 is 27.2 Å². The van der Waals surface area contributed by atoms with Gasteiger partial charge in [-0.3, -0.25) is 14.4 Å². The predicted molar refractivity (Wildman–Crippen MR) is 98.3 cm³/mol. The fourth-order valence-electron chi connectivity index (χ4n) is 2.42. The van der Waals surface area contributed by atoms with Crippen molar-refractivity contribution in [3.8, 4) is 0 Å². The molecule has 0 spiro atoms. The highest BCUT2D eigenvalue weighted by molar-refractivity contribution is 5.93. The molecule has 0 fully saturated rings. The van der Waals surface area contributed by atoms with Crippen LogP contribution in [0.2, 0.25) is 0 Å². The van der Waals surface area contributed by atoms with E-state index >= 15 is 0 Å². The molecular formula is C18H26N4O5. The Labute approximate surface area is 157 Å². The van der Waals surface area contributed by atoms with Crippen LogP contribution < -0.4 is 22.1 Å². The van der Waals surface area contributed by atoms with Crippen LogP contribution in [0.15, 0.2) is 30.3 Å². The maximum absolute atomic E-state index is 12.4. The summed E-state index contributed by atoms with van der Waals surface area (Å²) in [5.41, 5.74) is 11.8. The minimum absolute atomic E-state index is 0.290. The number of carbonyl (C=O) groups is 4. The number of primary amides is 1. The SMILES string of the molecule is CC(C)C(NC(=O)C(N)Cc1ccccc1)C(=O)NC(CC(N)=O)C(=O)O. The summed E-state index contributed by atoms with van der Waals surface area (Å²) in [6.45, 7) is 3.38. The van der Waals surface area contributed by atoms with Crippen LogP contribution in [-0.2, 0) is 25.6 Å². The maximum Gasteiger partial charge on any atom is 0.326 e. The Balaban J connectivity index is 2.76. The third kappa shape index (κ3) is 7.45. The van der Waals surface area contributed by atoms with E-state index in [1.54, 1.807) is 13.8 Å². The van der Waals surface area contributed by atoms with Crippen LogP contribution in [0.3, 0.4) is 0 Å². The first-order valence-corrected chi connectivity index (χ1v) is 8.53. The van der Waals surface area contributed by atoms with Crippen molar-refractivity contribution >= 4 is 23.7 Å². The monoisotopic (exact) mass is 378 g/mol. The number of hydrogen-bond acceptors (Lipinski definition) is 5. The molecular weight excluding hydrogens is 352 g/mol. The van der Waals surface area contributed by atoms with Crippen molar-refractivity contribution in [1.29, 1.82) is 0 Å². The van der Waals surface area contributed by atoms with Gasteiger partial charge in [-0.05, 0) is 17.9 Å². The summed E-state index contributed by atoms with van der Waals surface area (Å²) in [5.74, 6) is -3.84. The van der Waals surface area contributed by atoms with E-state index < -0.39 is 48.2 Å². The molecule has 0 aromatic heterocycles. The van der Waals surface area contributed by atoms with Crippen molar-refractivity contribution in [3.05, 3.63) is 35.9 Å². The lowest BCUT2D eigenvalue weighted by atomic mass is 10.0. The summed E-state index contributed by atoms with van der Waals surface area (Å²) < 4.78 is 0. The molecule has 27 heavy (non-hydrogen) atoms. The molecule has 0 aliphatic carbocycles. The molecule has 9 heteroatoms. The third-order valence-corrected chi connectivity index (χ3v) is 3.90. The van der Waals surface area contributed by atoms with Crippen LogP contribution >= 0.6 is 0 Å². The molecule has 0 heterocycles. The maximum atomic E-state index is 12.4. The number of carboxylic acids is 1. The molecule has 148 valence electrons. The van der Waals surface area contributed by atoms with Gasteiger partial charge in [0.2, 0.25) is 17.7 Å². The lowest BCUT2D eigenvalue weighted by Crippen LogP contribution is -2.57. The van der Waals surface area contributed by atoms with Gasteiger partial charge in [-0.15, -0.1) is 0 Å². The molecule has 0 aliphatic rings. The molecule has 3 atom stereocenters. The van der Waals surface area contributed by atoms with E-state index in [0.717, 1.165) is 5.56 Å². The van der Waals surface area contributed by atoms with E-state index in [0.29, 0.717) is 6.42 Å². The van der Waals surface area contributed by atoms with Crippen LogP contribution in [0, 0.1) is 5.92 Å². The number of hydrogen-bond donors (Lipinski definition) is 5. The Kier molecular flexibility index (Phi) is 8.40.